The molecule has 0 aliphatic heterocycles. The SMILES string of the molecule is CC(N)[C@H](C)N=Nc1ccc(Cl)cc1. The Balaban J connectivity index is 2.64. The first-order chi connectivity index (χ1) is 6.59. The molecule has 14 heavy (non-hydrogen) atoms. The monoisotopic (exact) mass is 211 g/mol. The van der Waals surface area contributed by atoms with E-state index >= 15 is 0 Å². The van der Waals surface area contributed by atoms with E-state index in [2.05, 4.69) is 10.2 Å². The highest BCUT2D eigenvalue weighted by atomic mass is 35.5. The Kier molecular flexibility index (Phi) is 4.04. The molecule has 0 heterocycles. The van der Waals surface area contributed by atoms with E-state index in [9.17, 15) is 0 Å². The van der Waals surface area contributed by atoms with E-state index in [0.717, 1.165) is 5.69 Å². The number of nitrogens with zero attached hydrogens (tertiary/aromatic N) is 2. The lowest BCUT2D eigenvalue weighted by Gasteiger charge is -2.07. The average molecular weight is 212 g/mol. The van der Waals surface area contributed by atoms with Crippen molar-refractivity contribution in [3.63, 3.8) is 0 Å². The zero-order valence-corrected chi connectivity index (χ0v) is 9.07. The molecule has 4 heteroatoms. The maximum atomic E-state index is 5.73. The summed E-state index contributed by atoms with van der Waals surface area (Å²) in [5, 5.41) is 8.83. The van der Waals surface area contributed by atoms with Crippen LogP contribution < -0.4 is 5.73 Å². The maximum Gasteiger partial charge on any atom is 0.0853 e. The van der Waals surface area contributed by atoms with Crippen LogP contribution in [0.3, 0.4) is 0 Å². The van der Waals surface area contributed by atoms with Crippen LogP contribution in [0.25, 0.3) is 0 Å². The van der Waals surface area contributed by atoms with Gasteiger partial charge in [0.1, 0.15) is 0 Å². The summed E-state index contributed by atoms with van der Waals surface area (Å²) < 4.78 is 0. The fourth-order valence-electron chi connectivity index (χ4n) is 0.771. The molecular weight excluding hydrogens is 198 g/mol. The van der Waals surface area contributed by atoms with Gasteiger partial charge in [0.15, 0.2) is 0 Å². The number of rotatable bonds is 3. The standard InChI is InChI=1S/C10H14ClN3/c1-7(12)8(2)13-14-10-5-3-9(11)4-6-10/h3-8H,12H2,1-2H3/t7?,8-/m0/s1. The largest absolute Gasteiger partial charge is 0.326 e. The summed E-state index contributed by atoms with van der Waals surface area (Å²) in [4.78, 5) is 0. The second kappa shape index (κ2) is 5.08. The molecule has 0 spiro atoms. The Hall–Kier alpha value is -0.930. The minimum absolute atomic E-state index is 0.0195. The molecule has 0 amide bonds. The number of benzene rings is 1. The highest BCUT2D eigenvalue weighted by Gasteiger charge is 2.04. The van der Waals surface area contributed by atoms with Gasteiger partial charge in [-0.15, -0.1) is 0 Å². The van der Waals surface area contributed by atoms with Crippen molar-refractivity contribution in [2.45, 2.75) is 25.9 Å². The van der Waals surface area contributed by atoms with Crippen LogP contribution in [0, 0.1) is 0 Å². The van der Waals surface area contributed by atoms with Crippen LogP contribution in [0.5, 0.6) is 0 Å². The first-order valence-corrected chi connectivity index (χ1v) is 4.89. The minimum Gasteiger partial charge on any atom is -0.326 e. The molecule has 0 bridgehead atoms. The molecule has 0 radical (unpaired) electrons. The zero-order chi connectivity index (χ0) is 10.6. The van der Waals surface area contributed by atoms with Crippen LogP contribution in [-0.4, -0.2) is 12.1 Å². The quantitative estimate of drug-likeness (QED) is 0.768. The highest BCUT2D eigenvalue weighted by Crippen LogP contribution is 2.17. The van der Waals surface area contributed by atoms with E-state index in [1.54, 1.807) is 12.1 Å². The van der Waals surface area contributed by atoms with Crippen molar-refractivity contribution < 1.29 is 0 Å². The van der Waals surface area contributed by atoms with E-state index in [1.165, 1.54) is 0 Å². The van der Waals surface area contributed by atoms with Crippen molar-refractivity contribution >= 4 is 17.3 Å². The van der Waals surface area contributed by atoms with E-state index in [0.29, 0.717) is 5.02 Å². The lowest BCUT2D eigenvalue weighted by atomic mass is 10.2. The van der Waals surface area contributed by atoms with E-state index in [1.807, 2.05) is 26.0 Å². The Morgan fingerprint density at radius 2 is 1.79 bits per heavy atom. The second-order valence-electron chi connectivity index (χ2n) is 3.29. The van der Waals surface area contributed by atoms with Crippen LogP contribution in [0.1, 0.15) is 13.8 Å². The number of hydrogen-bond acceptors (Lipinski definition) is 3. The van der Waals surface area contributed by atoms with Crippen molar-refractivity contribution in [2.75, 3.05) is 0 Å². The van der Waals surface area contributed by atoms with Crippen molar-refractivity contribution in [2.24, 2.45) is 16.0 Å². The van der Waals surface area contributed by atoms with Gasteiger partial charge < -0.3 is 5.73 Å². The van der Waals surface area contributed by atoms with Gasteiger partial charge in [-0.25, -0.2) is 0 Å². The van der Waals surface area contributed by atoms with Crippen molar-refractivity contribution in [3.8, 4) is 0 Å². The molecule has 2 N–H and O–H groups in total. The molecule has 3 nitrogen and oxygen atoms in total. The molecule has 0 aromatic heterocycles. The normalized spacial score (nSPS) is 15.7. The van der Waals surface area contributed by atoms with Crippen LogP contribution >= 0.6 is 11.6 Å². The van der Waals surface area contributed by atoms with Crippen molar-refractivity contribution in [1.29, 1.82) is 0 Å². The fourth-order valence-corrected chi connectivity index (χ4v) is 0.897. The molecule has 1 aromatic carbocycles. The number of nitrogens with two attached hydrogens (primary N) is 1. The summed E-state index contributed by atoms with van der Waals surface area (Å²) in [6.45, 7) is 3.84. The maximum absolute atomic E-state index is 5.73. The summed E-state index contributed by atoms with van der Waals surface area (Å²) in [7, 11) is 0. The van der Waals surface area contributed by atoms with Gasteiger partial charge in [0.2, 0.25) is 0 Å². The predicted octanol–water partition coefficient (Wildman–Crippen LogP) is 3.16. The van der Waals surface area contributed by atoms with E-state index in [4.69, 9.17) is 17.3 Å². The molecule has 0 aliphatic rings. The second-order valence-corrected chi connectivity index (χ2v) is 3.73. The lowest BCUT2D eigenvalue weighted by molar-refractivity contribution is 0.583. The lowest BCUT2D eigenvalue weighted by Crippen LogP contribution is -2.26. The third kappa shape index (κ3) is 3.44. The molecule has 0 saturated heterocycles. The molecule has 0 aliphatic carbocycles. The molecule has 0 saturated carbocycles. The summed E-state index contributed by atoms with van der Waals surface area (Å²) in [6, 6.07) is 7.26. The first-order valence-electron chi connectivity index (χ1n) is 4.51. The Labute approximate surface area is 89.0 Å². The van der Waals surface area contributed by atoms with Gasteiger partial charge in [0.05, 0.1) is 11.7 Å². The first kappa shape index (κ1) is 11.1. The van der Waals surface area contributed by atoms with Crippen LogP contribution in [0.2, 0.25) is 5.02 Å². The Morgan fingerprint density at radius 1 is 1.21 bits per heavy atom. The van der Waals surface area contributed by atoms with Crippen LogP contribution in [-0.2, 0) is 0 Å². The third-order valence-electron chi connectivity index (χ3n) is 1.94. The summed E-state index contributed by atoms with van der Waals surface area (Å²) in [5.41, 5.74) is 6.44. The minimum atomic E-state index is 0.0195. The van der Waals surface area contributed by atoms with Gasteiger partial charge in [-0.05, 0) is 38.1 Å². The number of azo groups is 1. The smallest absolute Gasteiger partial charge is 0.0853 e. The molecular formula is C10H14ClN3. The zero-order valence-electron chi connectivity index (χ0n) is 8.31. The van der Waals surface area contributed by atoms with Gasteiger partial charge in [-0.3, -0.25) is 0 Å². The average Bonchev–Trinajstić information content (AvgIpc) is 2.16. The van der Waals surface area contributed by atoms with Gasteiger partial charge in [0.25, 0.3) is 0 Å². The van der Waals surface area contributed by atoms with Gasteiger partial charge >= 0.3 is 0 Å². The molecule has 76 valence electrons. The molecule has 2 atom stereocenters. The number of halogens is 1. The molecule has 1 unspecified atom stereocenters. The molecule has 1 aromatic rings. The Bertz CT molecular complexity index is 306. The van der Waals surface area contributed by atoms with E-state index in [-0.39, 0.29) is 12.1 Å². The fraction of sp³-hybridized carbons (Fsp3) is 0.400. The topological polar surface area (TPSA) is 50.7 Å². The van der Waals surface area contributed by atoms with E-state index < -0.39 is 0 Å². The van der Waals surface area contributed by atoms with Gasteiger partial charge in [-0.2, -0.15) is 10.2 Å². The molecule has 1 rings (SSSR count). The van der Waals surface area contributed by atoms with Crippen LogP contribution in [0.4, 0.5) is 5.69 Å². The van der Waals surface area contributed by atoms with Crippen molar-refractivity contribution in [3.05, 3.63) is 29.3 Å². The summed E-state index contributed by atoms with van der Waals surface area (Å²) >= 11 is 5.73. The van der Waals surface area contributed by atoms with Crippen LogP contribution in [0.15, 0.2) is 34.5 Å². The van der Waals surface area contributed by atoms with Gasteiger partial charge in [0, 0.05) is 11.1 Å². The predicted molar refractivity (Wildman–Crippen MR) is 59.1 cm³/mol. The molecule has 0 fully saturated rings. The Morgan fingerprint density at radius 3 is 2.29 bits per heavy atom. The highest BCUT2D eigenvalue weighted by molar-refractivity contribution is 6.30. The summed E-state index contributed by atoms with van der Waals surface area (Å²) in [5.74, 6) is 0. The number of hydrogen-bond donors (Lipinski definition) is 1. The van der Waals surface area contributed by atoms with Gasteiger partial charge in [-0.1, -0.05) is 11.6 Å². The third-order valence-corrected chi connectivity index (χ3v) is 2.19. The summed E-state index contributed by atoms with van der Waals surface area (Å²) in [6.07, 6.45) is 0. The van der Waals surface area contributed by atoms with Crippen molar-refractivity contribution in [1.82, 2.24) is 0 Å².